The number of nitrogens with one attached hydrogen (secondary N) is 1. The average Bonchev–Trinajstić information content (AvgIpc) is 2.87. The number of aliphatic carboxylic acids is 1. The van der Waals surface area contributed by atoms with E-state index >= 15 is 0 Å². The van der Waals surface area contributed by atoms with Crippen molar-refractivity contribution in [1.29, 1.82) is 0 Å². The first kappa shape index (κ1) is 27.6. The van der Waals surface area contributed by atoms with Crippen molar-refractivity contribution < 1.29 is 28.6 Å². The number of hydrogen-bond donors (Lipinski definition) is 3. The lowest BCUT2D eigenvalue weighted by atomic mass is 9.95. The quantitative estimate of drug-likeness (QED) is 0.243. The molecule has 1 unspecified atom stereocenters. The van der Waals surface area contributed by atoms with Gasteiger partial charge in [-0.15, -0.1) is 0 Å². The molecule has 4 aromatic rings. The molecule has 0 bridgehead atoms. The molecular weight excluding hydrogens is 528 g/mol. The van der Waals surface area contributed by atoms with Gasteiger partial charge >= 0.3 is 5.97 Å². The minimum Gasteiger partial charge on any atom is -0.480 e. The van der Waals surface area contributed by atoms with E-state index in [4.69, 9.17) is 18.2 Å². The summed E-state index contributed by atoms with van der Waals surface area (Å²) in [6.45, 7) is 8.62. The van der Waals surface area contributed by atoms with Gasteiger partial charge in [-0.3, -0.25) is 9.78 Å². The summed E-state index contributed by atoms with van der Waals surface area (Å²) >= 11 is 6.41. The zero-order valence-corrected chi connectivity index (χ0v) is 21.3. The Bertz CT molecular complexity index is 1610. The lowest BCUT2D eigenvalue weighted by Gasteiger charge is -2.18. The highest BCUT2D eigenvalue weighted by molar-refractivity contribution is 6.34. The lowest BCUT2D eigenvalue weighted by molar-refractivity contribution is -0.139. The number of benzene rings is 3. The SMILES string of the molecule is [C-]#[N+]c1ccc(-c2ccc(C[C@H](NC(=O)c3c(F)cc(CC(C)O)cc3F)C(=O)O)c3cccnc23)c(Cl)c1. The van der Waals surface area contributed by atoms with Gasteiger partial charge in [0.25, 0.3) is 5.91 Å². The molecule has 4 rings (SSSR count). The predicted molar refractivity (Wildman–Crippen MR) is 143 cm³/mol. The van der Waals surface area contributed by atoms with Crippen molar-refractivity contribution in [3.8, 4) is 11.1 Å². The van der Waals surface area contributed by atoms with Gasteiger partial charge in [0.15, 0.2) is 5.69 Å². The van der Waals surface area contributed by atoms with Gasteiger partial charge in [0, 0.05) is 28.6 Å². The highest BCUT2D eigenvalue weighted by atomic mass is 35.5. The number of hydrogen-bond acceptors (Lipinski definition) is 4. The van der Waals surface area contributed by atoms with Crippen molar-refractivity contribution >= 4 is 40.1 Å². The monoisotopic (exact) mass is 549 g/mol. The van der Waals surface area contributed by atoms with Crippen molar-refractivity contribution in [2.24, 2.45) is 0 Å². The molecule has 10 heteroatoms. The Kier molecular flexibility index (Phi) is 8.19. The first-order valence-corrected chi connectivity index (χ1v) is 12.2. The average molecular weight is 550 g/mol. The molecular formula is C29H22ClF2N3O4. The number of aliphatic hydroxyl groups is 1. The van der Waals surface area contributed by atoms with Crippen molar-refractivity contribution in [3.05, 3.63) is 106 Å². The number of fused-ring (bicyclic) bond motifs is 1. The maximum Gasteiger partial charge on any atom is 0.326 e. The van der Waals surface area contributed by atoms with E-state index in [0.29, 0.717) is 38.3 Å². The second kappa shape index (κ2) is 11.6. The zero-order chi connectivity index (χ0) is 28.3. The fourth-order valence-corrected chi connectivity index (χ4v) is 4.65. The molecule has 3 N–H and O–H groups in total. The Balaban J connectivity index is 1.66. The van der Waals surface area contributed by atoms with E-state index in [2.05, 4.69) is 15.1 Å². The molecule has 1 amide bonds. The predicted octanol–water partition coefficient (Wildman–Crippen LogP) is 5.73. The van der Waals surface area contributed by atoms with Crippen LogP contribution in [0.2, 0.25) is 5.02 Å². The van der Waals surface area contributed by atoms with Crippen LogP contribution in [0.4, 0.5) is 14.5 Å². The van der Waals surface area contributed by atoms with Crippen LogP contribution in [-0.2, 0) is 17.6 Å². The minimum atomic E-state index is -1.51. The van der Waals surface area contributed by atoms with Gasteiger partial charge in [-0.05, 0) is 54.3 Å². The van der Waals surface area contributed by atoms with E-state index in [-0.39, 0.29) is 18.4 Å². The minimum absolute atomic E-state index is 0.0144. The molecule has 3 aromatic carbocycles. The number of amides is 1. The maximum atomic E-state index is 14.6. The second-order valence-corrected chi connectivity index (χ2v) is 9.41. The summed E-state index contributed by atoms with van der Waals surface area (Å²) in [7, 11) is 0. The van der Waals surface area contributed by atoms with Gasteiger partial charge in [0.1, 0.15) is 23.2 Å². The molecule has 1 heterocycles. The number of carbonyl (C=O) groups excluding carboxylic acids is 1. The van der Waals surface area contributed by atoms with Gasteiger partial charge in [-0.25, -0.2) is 18.4 Å². The third kappa shape index (κ3) is 6.03. The molecule has 7 nitrogen and oxygen atoms in total. The molecule has 0 aliphatic heterocycles. The molecule has 0 radical (unpaired) electrons. The summed E-state index contributed by atoms with van der Waals surface area (Å²) in [6, 6.07) is 12.0. The molecule has 0 saturated carbocycles. The summed E-state index contributed by atoms with van der Waals surface area (Å²) in [5.41, 5.74) is 1.97. The van der Waals surface area contributed by atoms with Crippen LogP contribution >= 0.6 is 11.6 Å². The molecule has 0 fully saturated rings. The van der Waals surface area contributed by atoms with Crippen molar-refractivity contribution in [2.45, 2.75) is 31.9 Å². The molecule has 0 spiro atoms. The number of aromatic nitrogens is 1. The number of rotatable bonds is 8. The van der Waals surface area contributed by atoms with Gasteiger partial charge in [-0.1, -0.05) is 41.9 Å². The van der Waals surface area contributed by atoms with Gasteiger partial charge in [0.05, 0.1) is 18.2 Å². The Morgan fingerprint density at radius 2 is 1.77 bits per heavy atom. The van der Waals surface area contributed by atoms with Crippen LogP contribution in [0, 0.1) is 18.2 Å². The second-order valence-electron chi connectivity index (χ2n) is 9.00. The maximum absolute atomic E-state index is 14.6. The molecule has 198 valence electrons. The third-order valence-corrected chi connectivity index (χ3v) is 6.43. The highest BCUT2D eigenvalue weighted by Crippen LogP contribution is 2.36. The number of pyridine rings is 1. The smallest absolute Gasteiger partial charge is 0.326 e. The third-order valence-electron chi connectivity index (χ3n) is 6.12. The van der Waals surface area contributed by atoms with Crippen LogP contribution in [0.5, 0.6) is 0 Å². The van der Waals surface area contributed by atoms with Gasteiger partial charge in [-0.2, -0.15) is 0 Å². The normalized spacial score (nSPS) is 12.5. The molecule has 0 aliphatic rings. The molecule has 0 saturated heterocycles. The molecule has 39 heavy (non-hydrogen) atoms. The molecule has 2 atom stereocenters. The van der Waals surface area contributed by atoms with Crippen LogP contribution in [0.3, 0.4) is 0 Å². The van der Waals surface area contributed by atoms with E-state index in [1.165, 1.54) is 13.0 Å². The van der Waals surface area contributed by atoms with E-state index < -0.39 is 41.2 Å². The van der Waals surface area contributed by atoms with E-state index in [1.54, 1.807) is 42.6 Å². The first-order chi connectivity index (χ1) is 18.6. The van der Waals surface area contributed by atoms with Crippen molar-refractivity contribution in [2.75, 3.05) is 0 Å². The first-order valence-electron chi connectivity index (χ1n) is 11.8. The summed E-state index contributed by atoms with van der Waals surface area (Å²) in [5, 5.41) is 22.4. The largest absolute Gasteiger partial charge is 0.480 e. The van der Waals surface area contributed by atoms with Crippen LogP contribution < -0.4 is 5.32 Å². The van der Waals surface area contributed by atoms with Crippen LogP contribution in [0.15, 0.2) is 60.8 Å². The van der Waals surface area contributed by atoms with E-state index in [0.717, 1.165) is 12.1 Å². The Morgan fingerprint density at radius 3 is 2.38 bits per heavy atom. The molecule has 1 aromatic heterocycles. The van der Waals surface area contributed by atoms with Crippen LogP contribution in [-0.4, -0.2) is 39.2 Å². The highest BCUT2D eigenvalue weighted by Gasteiger charge is 2.26. The van der Waals surface area contributed by atoms with Crippen LogP contribution in [0.1, 0.15) is 28.4 Å². The number of carboxylic acid groups (broad SMARTS) is 1. The van der Waals surface area contributed by atoms with Crippen molar-refractivity contribution in [1.82, 2.24) is 10.3 Å². The summed E-state index contributed by atoms with van der Waals surface area (Å²) in [4.78, 5) is 32.6. The number of aliphatic hydroxyl groups excluding tert-OH is 1. The fraction of sp³-hybridized carbons (Fsp3) is 0.172. The Hall–Kier alpha value is -4.39. The zero-order valence-electron chi connectivity index (χ0n) is 20.6. The van der Waals surface area contributed by atoms with E-state index in [9.17, 15) is 28.6 Å². The Labute approximate surface area is 227 Å². The van der Waals surface area contributed by atoms with Gasteiger partial charge < -0.3 is 15.5 Å². The summed E-state index contributed by atoms with van der Waals surface area (Å²) in [5.74, 6) is -4.93. The summed E-state index contributed by atoms with van der Waals surface area (Å²) in [6.07, 6.45) is 0.515. The number of carbonyl (C=O) groups is 2. The Morgan fingerprint density at radius 1 is 1.08 bits per heavy atom. The fourth-order valence-electron chi connectivity index (χ4n) is 4.37. The standard InChI is InChI=1S/C29H22ClF2N3O4/c1-15(36)10-16-11-23(31)26(24(32)12-16)28(37)35-25(29(38)39)13-17-5-7-21(27-19(17)4-3-9-34-27)20-8-6-18(33-2)14-22(20)30/h3-9,11-12,14-15,25,36H,10,13H2,1H3,(H,35,37)(H,38,39)/t15?,25-/m0/s1. The van der Waals surface area contributed by atoms with Gasteiger partial charge in [0.2, 0.25) is 0 Å². The lowest BCUT2D eigenvalue weighted by Crippen LogP contribution is -2.43. The molecule has 0 aliphatic carbocycles. The number of carboxylic acids is 1. The topological polar surface area (TPSA) is 104 Å². The van der Waals surface area contributed by atoms with Crippen molar-refractivity contribution in [3.63, 3.8) is 0 Å². The number of nitrogens with zero attached hydrogens (tertiary/aromatic N) is 2. The van der Waals surface area contributed by atoms with Crippen LogP contribution in [0.25, 0.3) is 26.9 Å². The summed E-state index contributed by atoms with van der Waals surface area (Å²) < 4.78 is 29.2. The number of halogens is 3. The van der Waals surface area contributed by atoms with E-state index in [1.807, 2.05) is 0 Å².